The van der Waals surface area contributed by atoms with E-state index >= 15 is 0 Å². The second-order valence-electron chi connectivity index (χ2n) is 10.0. The molecule has 0 radical (unpaired) electrons. The molecule has 0 spiro atoms. The summed E-state index contributed by atoms with van der Waals surface area (Å²) >= 11 is 0. The molecule has 2 heteroatoms. The minimum Gasteiger partial charge on any atom is -0.307 e. The molecule has 3 aromatic heterocycles. The van der Waals surface area contributed by atoms with E-state index in [0.29, 0.717) is 5.92 Å². The molecule has 3 heterocycles. The normalized spacial score (nSPS) is 12.4. The maximum Gasteiger partial charge on any atom is 0.224 e. The molecule has 7 aromatic rings. The number of para-hydroxylation sites is 1. The Morgan fingerprint density at radius 1 is 0.735 bits per heavy atom. The van der Waals surface area contributed by atoms with Gasteiger partial charge in [-0.25, -0.2) is 4.57 Å². The zero-order chi connectivity index (χ0) is 23.1. The molecular formula is C32H27N2+. The number of aryl methyl sites for hydroxylation is 2. The summed E-state index contributed by atoms with van der Waals surface area (Å²) < 4.78 is 4.81. The van der Waals surface area contributed by atoms with E-state index in [2.05, 4.69) is 122 Å². The van der Waals surface area contributed by atoms with Crippen LogP contribution in [-0.2, 0) is 7.05 Å². The first-order chi connectivity index (χ1) is 16.5. The van der Waals surface area contributed by atoms with Gasteiger partial charge in [0.15, 0.2) is 6.20 Å². The summed E-state index contributed by atoms with van der Waals surface area (Å²) in [4.78, 5) is 0. The fourth-order valence-electron chi connectivity index (χ4n) is 5.89. The molecule has 0 fully saturated rings. The van der Waals surface area contributed by atoms with E-state index in [-0.39, 0.29) is 0 Å². The third-order valence-corrected chi connectivity index (χ3v) is 7.65. The highest BCUT2D eigenvalue weighted by atomic mass is 15.0. The van der Waals surface area contributed by atoms with Crippen LogP contribution < -0.4 is 4.57 Å². The minimum absolute atomic E-state index is 0.536. The highest BCUT2D eigenvalue weighted by Crippen LogP contribution is 2.41. The molecule has 2 nitrogen and oxygen atoms in total. The lowest BCUT2D eigenvalue weighted by Crippen LogP contribution is -2.28. The second kappa shape index (κ2) is 6.80. The monoisotopic (exact) mass is 439 g/mol. The average Bonchev–Trinajstić information content (AvgIpc) is 3.19. The van der Waals surface area contributed by atoms with Gasteiger partial charge in [-0.05, 0) is 58.7 Å². The zero-order valence-electron chi connectivity index (χ0n) is 20.1. The number of nitrogens with zero attached hydrogens (tertiary/aromatic N) is 2. The Labute approximate surface area is 199 Å². The summed E-state index contributed by atoms with van der Waals surface area (Å²) in [7, 11) is 2.17. The van der Waals surface area contributed by atoms with Crippen LogP contribution >= 0.6 is 0 Å². The second-order valence-corrected chi connectivity index (χ2v) is 10.0. The van der Waals surface area contributed by atoms with E-state index < -0.39 is 0 Å². The fraction of sp³-hybridized carbons (Fsp3) is 0.156. The molecule has 7 rings (SSSR count). The van der Waals surface area contributed by atoms with E-state index in [1.165, 1.54) is 71.3 Å². The molecule has 34 heavy (non-hydrogen) atoms. The summed E-state index contributed by atoms with van der Waals surface area (Å²) in [5.74, 6) is 0.536. The van der Waals surface area contributed by atoms with Gasteiger partial charge in [-0.3, -0.25) is 0 Å². The number of fused-ring (bicyclic) bond motifs is 5. The van der Waals surface area contributed by atoms with Crippen molar-refractivity contribution in [2.24, 2.45) is 7.05 Å². The molecule has 0 aliphatic carbocycles. The molecule has 0 unspecified atom stereocenters. The van der Waals surface area contributed by atoms with Gasteiger partial charge >= 0.3 is 0 Å². The fourth-order valence-corrected chi connectivity index (χ4v) is 5.89. The van der Waals surface area contributed by atoms with E-state index in [9.17, 15) is 0 Å². The van der Waals surface area contributed by atoms with Crippen molar-refractivity contribution in [2.75, 3.05) is 0 Å². The van der Waals surface area contributed by atoms with Crippen LogP contribution in [0.2, 0.25) is 0 Å². The first-order valence-corrected chi connectivity index (χ1v) is 12.1. The number of rotatable bonds is 2. The molecule has 0 saturated carbocycles. The predicted octanol–water partition coefficient (Wildman–Crippen LogP) is 7.91. The predicted molar refractivity (Wildman–Crippen MR) is 144 cm³/mol. The maximum absolute atomic E-state index is 2.51. The van der Waals surface area contributed by atoms with Gasteiger partial charge in [0.25, 0.3) is 0 Å². The summed E-state index contributed by atoms with van der Waals surface area (Å²) in [6, 6.07) is 29.5. The van der Waals surface area contributed by atoms with Crippen molar-refractivity contribution in [3.8, 4) is 11.1 Å². The first-order valence-electron chi connectivity index (χ1n) is 12.1. The Bertz CT molecular complexity index is 1890. The van der Waals surface area contributed by atoms with Crippen LogP contribution in [0.25, 0.3) is 60.1 Å². The molecule has 4 aromatic carbocycles. The zero-order valence-corrected chi connectivity index (χ0v) is 20.1. The lowest BCUT2D eigenvalue weighted by Gasteiger charge is -2.15. The van der Waals surface area contributed by atoms with Crippen molar-refractivity contribution in [1.29, 1.82) is 0 Å². The van der Waals surface area contributed by atoms with Crippen LogP contribution in [0.3, 0.4) is 0 Å². The molecule has 0 amide bonds. The standard InChI is InChI=1S/C32H27N2/c1-19(2)21-10-12-22(13-11-21)24-17-23-15-16-33(4)32-29-20(3)9-14-26-25-7-5-6-8-27(25)34(31(26)29)28(18-24)30(23)32/h5-19H,1-4H3/q+1. The van der Waals surface area contributed by atoms with E-state index in [1.807, 2.05) is 0 Å². The topological polar surface area (TPSA) is 8.29 Å². The van der Waals surface area contributed by atoms with E-state index in [0.717, 1.165) is 0 Å². The summed E-state index contributed by atoms with van der Waals surface area (Å²) in [5.41, 5.74) is 10.4. The van der Waals surface area contributed by atoms with Crippen molar-refractivity contribution >= 4 is 49.0 Å². The van der Waals surface area contributed by atoms with Gasteiger partial charge in [0, 0.05) is 16.8 Å². The lowest BCUT2D eigenvalue weighted by molar-refractivity contribution is -0.643. The Morgan fingerprint density at radius 3 is 2.32 bits per heavy atom. The van der Waals surface area contributed by atoms with Gasteiger partial charge in [0.1, 0.15) is 7.05 Å². The number of pyridine rings is 2. The number of hydrogen-bond acceptors (Lipinski definition) is 0. The van der Waals surface area contributed by atoms with Crippen LogP contribution in [-0.4, -0.2) is 4.40 Å². The number of aromatic nitrogens is 2. The van der Waals surface area contributed by atoms with Gasteiger partial charge in [-0.1, -0.05) is 68.4 Å². The molecule has 0 N–H and O–H groups in total. The summed E-state index contributed by atoms with van der Waals surface area (Å²) in [6.07, 6.45) is 2.21. The van der Waals surface area contributed by atoms with Gasteiger partial charge < -0.3 is 4.40 Å². The Kier molecular flexibility index (Phi) is 3.91. The molecule has 0 aliphatic rings. The Hall–Kier alpha value is -3.91. The van der Waals surface area contributed by atoms with Crippen molar-refractivity contribution in [2.45, 2.75) is 26.7 Å². The van der Waals surface area contributed by atoms with Crippen LogP contribution in [0.4, 0.5) is 0 Å². The third kappa shape index (κ3) is 2.48. The SMILES string of the molecule is Cc1ccc2c3ccccc3n3c4cc(-c5ccc(C(C)C)cc5)cc5cc[n+](C)c(c1c23)c54. The van der Waals surface area contributed by atoms with Crippen LogP contribution in [0, 0.1) is 6.92 Å². The summed E-state index contributed by atoms with van der Waals surface area (Å²) in [5, 5.41) is 6.60. The minimum atomic E-state index is 0.536. The molecule has 0 bridgehead atoms. The molecule has 0 atom stereocenters. The molecular weight excluding hydrogens is 412 g/mol. The largest absolute Gasteiger partial charge is 0.307 e. The summed E-state index contributed by atoms with van der Waals surface area (Å²) in [6.45, 7) is 6.74. The van der Waals surface area contributed by atoms with Gasteiger partial charge in [0.2, 0.25) is 5.52 Å². The van der Waals surface area contributed by atoms with Crippen molar-refractivity contribution in [3.63, 3.8) is 0 Å². The quantitative estimate of drug-likeness (QED) is 0.147. The lowest BCUT2D eigenvalue weighted by atomic mass is 9.95. The van der Waals surface area contributed by atoms with Gasteiger partial charge in [-0.2, -0.15) is 0 Å². The van der Waals surface area contributed by atoms with Gasteiger partial charge in [0.05, 0.1) is 27.3 Å². The third-order valence-electron chi connectivity index (χ3n) is 7.65. The highest BCUT2D eigenvalue weighted by Gasteiger charge is 2.24. The highest BCUT2D eigenvalue weighted by molar-refractivity contribution is 6.26. The average molecular weight is 440 g/mol. The smallest absolute Gasteiger partial charge is 0.224 e. The molecule has 164 valence electrons. The maximum atomic E-state index is 2.51. The number of benzene rings is 4. The Morgan fingerprint density at radius 2 is 1.53 bits per heavy atom. The van der Waals surface area contributed by atoms with Crippen LogP contribution in [0.1, 0.15) is 30.9 Å². The Balaban J connectivity index is 1.72. The molecule has 0 aliphatic heterocycles. The van der Waals surface area contributed by atoms with Crippen molar-refractivity contribution in [3.05, 3.63) is 96.2 Å². The molecule has 0 saturated heterocycles. The van der Waals surface area contributed by atoms with E-state index in [1.54, 1.807) is 0 Å². The number of hydrogen-bond donors (Lipinski definition) is 0. The first kappa shape index (κ1) is 19.5. The van der Waals surface area contributed by atoms with Gasteiger partial charge in [-0.15, -0.1) is 0 Å². The van der Waals surface area contributed by atoms with Crippen molar-refractivity contribution in [1.82, 2.24) is 4.40 Å². The van der Waals surface area contributed by atoms with E-state index in [4.69, 9.17) is 0 Å². The van der Waals surface area contributed by atoms with Crippen LogP contribution in [0.15, 0.2) is 85.1 Å². The van der Waals surface area contributed by atoms with Crippen LogP contribution in [0.5, 0.6) is 0 Å². The van der Waals surface area contributed by atoms with Crippen molar-refractivity contribution < 1.29 is 4.57 Å².